The van der Waals surface area contributed by atoms with Gasteiger partial charge in [0.15, 0.2) is 0 Å². The van der Waals surface area contributed by atoms with Crippen LogP contribution in [0.3, 0.4) is 0 Å². The molecule has 5 rings (SSSR count). The summed E-state index contributed by atoms with van der Waals surface area (Å²) in [6.45, 7) is 2.43. The molecule has 0 spiro atoms. The number of amides is 4. The number of nitrogens with zero attached hydrogens (tertiary/aromatic N) is 2. The molecule has 0 bridgehead atoms. The molecule has 3 heterocycles. The Balaban J connectivity index is 1.41. The lowest BCUT2D eigenvalue weighted by Gasteiger charge is -2.36. The number of carbonyl (C=O) groups is 4. The Kier molecular flexibility index (Phi) is 7.22. The van der Waals surface area contributed by atoms with Crippen LogP contribution < -0.4 is 10.6 Å². The van der Waals surface area contributed by atoms with Crippen molar-refractivity contribution in [2.75, 3.05) is 0 Å². The van der Waals surface area contributed by atoms with Gasteiger partial charge in [0.2, 0.25) is 11.8 Å². The van der Waals surface area contributed by atoms with Crippen LogP contribution in [0.1, 0.15) is 51.5 Å². The molecular formula is C28H25ClF2N4O4. The highest BCUT2D eigenvalue weighted by Crippen LogP contribution is 2.36. The molecule has 0 saturated carbocycles. The Labute approximate surface area is 228 Å². The number of aryl methyl sites for hydroxylation is 1. The number of carbonyl (C=O) groups excluding carboxylic acids is 4. The highest BCUT2D eigenvalue weighted by molar-refractivity contribution is 6.30. The van der Waals surface area contributed by atoms with E-state index in [1.54, 1.807) is 42.5 Å². The van der Waals surface area contributed by atoms with Gasteiger partial charge in [0.05, 0.1) is 6.04 Å². The SMILES string of the molecule is Cc1cc(Cl)ccc1C1C(NC(=O)C(F)F)=CC=CN1Cc1ccc2c(c1)CN(C1CCC(=O)NC1=O)C2=O. The second-order valence-electron chi connectivity index (χ2n) is 9.72. The molecular weight excluding hydrogens is 530 g/mol. The Morgan fingerprint density at radius 3 is 2.69 bits per heavy atom. The molecule has 1 fully saturated rings. The van der Waals surface area contributed by atoms with E-state index >= 15 is 0 Å². The molecule has 2 atom stereocenters. The van der Waals surface area contributed by atoms with E-state index in [2.05, 4.69) is 10.6 Å². The monoisotopic (exact) mass is 554 g/mol. The molecule has 11 heteroatoms. The smallest absolute Gasteiger partial charge is 0.315 e. The summed E-state index contributed by atoms with van der Waals surface area (Å²) in [4.78, 5) is 52.2. The van der Waals surface area contributed by atoms with E-state index in [9.17, 15) is 28.0 Å². The molecule has 0 aliphatic carbocycles. The van der Waals surface area contributed by atoms with Crippen LogP contribution in [0.2, 0.25) is 5.02 Å². The Morgan fingerprint density at radius 2 is 1.97 bits per heavy atom. The first-order valence-corrected chi connectivity index (χ1v) is 12.8. The van der Waals surface area contributed by atoms with Crippen molar-refractivity contribution in [1.82, 2.24) is 20.4 Å². The lowest BCUT2D eigenvalue weighted by atomic mass is 9.94. The molecule has 39 heavy (non-hydrogen) atoms. The largest absolute Gasteiger partial charge is 0.361 e. The van der Waals surface area contributed by atoms with E-state index in [1.807, 2.05) is 24.1 Å². The van der Waals surface area contributed by atoms with Gasteiger partial charge in [-0.1, -0.05) is 29.8 Å². The average molecular weight is 555 g/mol. The number of hydrogen-bond acceptors (Lipinski definition) is 5. The lowest BCUT2D eigenvalue weighted by molar-refractivity contribution is -0.137. The van der Waals surface area contributed by atoms with Crippen molar-refractivity contribution in [2.24, 2.45) is 0 Å². The first-order valence-electron chi connectivity index (χ1n) is 12.4. The molecule has 4 amide bonds. The molecule has 2 aromatic carbocycles. The van der Waals surface area contributed by atoms with Gasteiger partial charge in [-0.05, 0) is 65.9 Å². The van der Waals surface area contributed by atoms with Gasteiger partial charge in [-0.15, -0.1) is 0 Å². The number of hydrogen-bond donors (Lipinski definition) is 2. The second-order valence-corrected chi connectivity index (χ2v) is 10.2. The number of nitrogens with one attached hydrogen (secondary N) is 2. The standard InChI is InChI=1S/C28H25ClF2N4O4/c1-15-11-18(29)5-7-19(15)24-21(32-27(38)25(30)31)3-2-10-34(24)13-16-4-6-20-17(12-16)14-35(28(20)39)22-8-9-23(36)33-26(22)37/h2-7,10-12,22,24-25H,8-9,13-14H2,1H3,(H,32,38)(H,33,36,37). The summed E-state index contributed by atoms with van der Waals surface area (Å²) in [6.07, 6.45) is 2.35. The number of halogens is 3. The topological polar surface area (TPSA) is 98.8 Å². The van der Waals surface area contributed by atoms with E-state index < -0.39 is 30.3 Å². The van der Waals surface area contributed by atoms with Crippen molar-refractivity contribution < 1.29 is 28.0 Å². The molecule has 3 aliphatic rings. The van der Waals surface area contributed by atoms with Gasteiger partial charge in [-0.25, -0.2) is 0 Å². The minimum Gasteiger partial charge on any atom is -0.361 e. The molecule has 2 aromatic rings. The number of benzene rings is 2. The average Bonchev–Trinajstić information content (AvgIpc) is 3.20. The van der Waals surface area contributed by atoms with Crippen LogP contribution in [0.15, 0.2) is 60.4 Å². The van der Waals surface area contributed by atoms with E-state index in [0.29, 0.717) is 22.8 Å². The number of piperidine rings is 1. The molecule has 202 valence electrons. The van der Waals surface area contributed by atoms with E-state index in [-0.39, 0.29) is 31.2 Å². The van der Waals surface area contributed by atoms with Crippen molar-refractivity contribution in [3.05, 3.63) is 93.3 Å². The first-order chi connectivity index (χ1) is 18.6. The zero-order chi connectivity index (χ0) is 27.8. The van der Waals surface area contributed by atoms with Crippen molar-refractivity contribution in [1.29, 1.82) is 0 Å². The summed E-state index contributed by atoms with van der Waals surface area (Å²) >= 11 is 6.15. The highest BCUT2D eigenvalue weighted by Gasteiger charge is 2.39. The summed E-state index contributed by atoms with van der Waals surface area (Å²) < 4.78 is 26.2. The predicted molar refractivity (Wildman–Crippen MR) is 138 cm³/mol. The summed E-state index contributed by atoms with van der Waals surface area (Å²) in [6, 6.07) is 9.39. The van der Waals surface area contributed by atoms with Gasteiger partial charge >= 0.3 is 6.43 Å². The van der Waals surface area contributed by atoms with Gasteiger partial charge in [0.1, 0.15) is 6.04 Å². The first kappa shape index (κ1) is 26.6. The third-order valence-corrected chi connectivity index (χ3v) is 7.36. The Hall–Kier alpha value is -4.05. The van der Waals surface area contributed by atoms with Gasteiger partial charge < -0.3 is 15.1 Å². The maximum absolute atomic E-state index is 13.1. The zero-order valence-corrected chi connectivity index (χ0v) is 21.7. The number of allylic oxidation sites excluding steroid dienone is 2. The summed E-state index contributed by atoms with van der Waals surface area (Å²) in [5.74, 6) is -2.48. The van der Waals surface area contributed by atoms with E-state index in [1.165, 1.54) is 4.90 Å². The fourth-order valence-electron chi connectivity index (χ4n) is 5.29. The lowest BCUT2D eigenvalue weighted by Crippen LogP contribution is -2.52. The third kappa shape index (κ3) is 5.29. The fourth-order valence-corrected chi connectivity index (χ4v) is 5.52. The van der Waals surface area contributed by atoms with Crippen molar-refractivity contribution >= 4 is 35.2 Å². The molecule has 0 aromatic heterocycles. The molecule has 8 nitrogen and oxygen atoms in total. The van der Waals surface area contributed by atoms with Crippen LogP contribution in [-0.2, 0) is 27.5 Å². The van der Waals surface area contributed by atoms with Gasteiger partial charge in [-0.3, -0.25) is 24.5 Å². The minimum atomic E-state index is -3.17. The quantitative estimate of drug-likeness (QED) is 0.530. The van der Waals surface area contributed by atoms with Gasteiger partial charge in [-0.2, -0.15) is 8.78 Å². The molecule has 2 N–H and O–H groups in total. The van der Waals surface area contributed by atoms with E-state index in [4.69, 9.17) is 11.6 Å². The summed E-state index contributed by atoms with van der Waals surface area (Å²) in [5, 5.41) is 5.18. The van der Waals surface area contributed by atoms with Crippen LogP contribution >= 0.6 is 11.6 Å². The van der Waals surface area contributed by atoms with E-state index in [0.717, 1.165) is 22.3 Å². The van der Waals surface area contributed by atoms with Crippen LogP contribution in [0.5, 0.6) is 0 Å². The molecule has 1 saturated heterocycles. The Bertz CT molecular complexity index is 1440. The molecule has 0 radical (unpaired) electrons. The van der Waals surface area contributed by atoms with Crippen molar-refractivity contribution in [3.8, 4) is 0 Å². The predicted octanol–water partition coefficient (Wildman–Crippen LogP) is 3.75. The highest BCUT2D eigenvalue weighted by atomic mass is 35.5. The molecule has 3 aliphatic heterocycles. The number of rotatable bonds is 6. The van der Waals surface area contributed by atoms with Crippen molar-refractivity contribution in [3.63, 3.8) is 0 Å². The normalized spacial score (nSPS) is 20.7. The summed E-state index contributed by atoms with van der Waals surface area (Å²) in [5.41, 5.74) is 3.99. The Morgan fingerprint density at radius 1 is 1.18 bits per heavy atom. The van der Waals surface area contributed by atoms with Crippen molar-refractivity contribution in [2.45, 2.75) is 51.4 Å². The maximum atomic E-state index is 13.1. The fraction of sp³-hybridized carbons (Fsp3) is 0.286. The number of imide groups is 1. The summed E-state index contributed by atoms with van der Waals surface area (Å²) in [7, 11) is 0. The number of alkyl halides is 2. The van der Waals surface area contributed by atoms with Crippen LogP contribution in [0.25, 0.3) is 0 Å². The van der Waals surface area contributed by atoms with Gasteiger partial charge in [0, 0.05) is 42.0 Å². The minimum absolute atomic E-state index is 0.173. The third-order valence-electron chi connectivity index (χ3n) is 7.12. The van der Waals surface area contributed by atoms with Crippen LogP contribution in [-0.4, -0.2) is 45.9 Å². The second kappa shape index (κ2) is 10.6. The van der Waals surface area contributed by atoms with Crippen LogP contribution in [0.4, 0.5) is 8.78 Å². The molecule has 2 unspecified atom stereocenters. The van der Waals surface area contributed by atoms with Crippen LogP contribution in [0, 0.1) is 6.92 Å². The maximum Gasteiger partial charge on any atom is 0.315 e. The van der Waals surface area contributed by atoms with Gasteiger partial charge in [0.25, 0.3) is 11.8 Å². The zero-order valence-electron chi connectivity index (χ0n) is 20.9. The number of fused-ring (bicyclic) bond motifs is 1.